The molecule has 0 spiro atoms. The molecule has 0 saturated carbocycles. The molecular formula is C15H22N2O4. The first-order valence-corrected chi connectivity index (χ1v) is 7.00. The lowest BCUT2D eigenvalue weighted by molar-refractivity contribution is 0.0697. The SMILES string of the molecule is CCCN(CCC)C(=O)Nc1cc(C(=O)O)ccc1OC. The minimum atomic E-state index is -1.05. The summed E-state index contributed by atoms with van der Waals surface area (Å²) in [5.41, 5.74) is 0.461. The van der Waals surface area contributed by atoms with E-state index in [0.717, 1.165) is 12.8 Å². The molecule has 1 aromatic carbocycles. The van der Waals surface area contributed by atoms with E-state index in [0.29, 0.717) is 24.5 Å². The maximum atomic E-state index is 12.3. The van der Waals surface area contributed by atoms with Gasteiger partial charge in [-0.2, -0.15) is 0 Å². The fraction of sp³-hybridized carbons (Fsp3) is 0.467. The lowest BCUT2D eigenvalue weighted by atomic mass is 10.2. The molecule has 0 aliphatic carbocycles. The molecule has 6 nitrogen and oxygen atoms in total. The van der Waals surface area contributed by atoms with Crippen molar-refractivity contribution in [3.05, 3.63) is 23.8 Å². The smallest absolute Gasteiger partial charge is 0.335 e. The zero-order valence-electron chi connectivity index (χ0n) is 12.7. The van der Waals surface area contributed by atoms with E-state index in [1.165, 1.54) is 25.3 Å². The minimum absolute atomic E-state index is 0.101. The second-order valence-electron chi connectivity index (χ2n) is 4.64. The van der Waals surface area contributed by atoms with Crippen molar-refractivity contribution in [1.82, 2.24) is 4.90 Å². The van der Waals surface area contributed by atoms with E-state index >= 15 is 0 Å². The van der Waals surface area contributed by atoms with Crippen molar-refractivity contribution in [2.75, 3.05) is 25.5 Å². The van der Waals surface area contributed by atoms with Crippen molar-refractivity contribution in [2.24, 2.45) is 0 Å². The number of carbonyl (C=O) groups is 2. The Labute approximate surface area is 124 Å². The quantitative estimate of drug-likeness (QED) is 0.810. The van der Waals surface area contributed by atoms with Crippen LogP contribution in [0.15, 0.2) is 18.2 Å². The Balaban J connectivity index is 2.95. The zero-order chi connectivity index (χ0) is 15.8. The Morgan fingerprint density at radius 1 is 1.24 bits per heavy atom. The number of urea groups is 1. The summed E-state index contributed by atoms with van der Waals surface area (Å²) in [6, 6.07) is 4.12. The molecule has 116 valence electrons. The van der Waals surface area contributed by atoms with Crippen molar-refractivity contribution in [3.8, 4) is 5.75 Å². The molecule has 1 aromatic rings. The van der Waals surface area contributed by atoms with E-state index in [4.69, 9.17) is 9.84 Å². The molecule has 0 aliphatic rings. The van der Waals surface area contributed by atoms with Gasteiger partial charge in [0.1, 0.15) is 5.75 Å². The molecule has 6 heteroatoms. The van der Waals surface area contributed by atoms with Gasteiger partial charge < -0.3 is 20.1 Å². The summed E-state index contributed by atoms with van der Waals surface area (Å²) >= 11 is 0. The molecular weight excluding hydrogens is 272 g/mol. The molecule has 0 aliphatic heterocycles. The number of benzene rings is 1. The van der Waals surface area contributed by atoms with Gasteiger partial charge in [0.2, 0.25) is 0 Å². The van der Waals surface area contributed by atoms with E-state index in [-0.39, 0.29) is 11.6 Å². The van der Waals surface area contributed by atoms with Crippen molar-refractivity contribution in [3.63, 3.8) is 0 Å². The Bertz CT molecular complexity index is 496. The van der Waals surface area contributed by atoms with E-state index in [1.807, 2.05) is 13.8 Å². The van der Waals surface area contributed by atoms with Gasteiger partial charge in [-0.05, 0) is 31.0 Å². The number of carboxylic acids is 1. The second-order valence-corrected chi connectivity index (χ2v) is 4.64. The maximum absolute atomic E-state index is 12.3. The second kappa shape index (κ2) is 8.14. The fourth-order valence-electron chi connectivity index (χ4n) is 1.99. The number of hydrogen-bond donors (Lipinski definition) is 2. The third-order valence-electron chi connectivity index (χ3n) is 2.96. The van der Waals surface area contributed by atoms with Gasteiger partial charge in [0.05, 0.1) is 18.4 Å². The molecule has 0 heterocycles. The minimum Gasteiger partial charge on any atom is -0.495 e. The highest BCUT2D eigenvalue weighted by atomic mass is 16.5. The van der Waals surface area contributed by atoms with Crippen LogP contribution < -0.4 is 10.1 Å². The summed E-state index contributed by atoms with van der Waals surface area (Å²) in [4.78, 5) is 25.0. The first-order valence-electron chi connectivity index (χ1n) is 7.00. The number of aromatic carboxylic acids is 1. The first-order chi connectivity index (χ1) is 10.0. The van der Waals surface area contributed by atoms with Crippen LogP contribution in [0.4, 0.5) is 10.5 Å². The average molecular weight is 294 g/mol. The van der Waals surface area contributed by atoms with Crippen LogP contribution in [0.5, 0.6) is 5.75 Å². The van der Waals surface area contributed by atoms with Gasteiger partial charge in [0, 0.05) is 13.1 Å². The van der Waals surface area contributed by atoms with Crippen molar-refractivity contribution in [2.45, 2.75) is 26.7 Å². The van der Waals surface area contributed by atoms with E-state index in [2.05, 4.69) is 5.32 Å². The van der Waals surface area contributed by atoms with Crippen LogP contribution in [0.3, 0.4) is 0 Å². The molecule has 0 atom stereocenters. The van der Waals surface area contributed by atoms with E-state index < -0.39 is 5.97 Å². The van der Waals surface area contributed by atoms with Crippen molar-refractivity contribution in [1.29, 1.82) is 0 Å². The Morgan fingerprint density at radius 2 is 1.86 bits per heavy atom. The molecule has 2 N–H and O–H groups in total. The summed E-state index contributed by atoms with van der Waals surface area (Å²) in [6.45, 7) is 5.31. The van der Waals surface area contributed by atoms with Gasteiger partial charge >= 0.3 is 12.0 Å². The summed E-state index contributed by atoms with van der Waals surface area (Å²) in [7, 11) is 1.47. The predicted octanol–water partition coefficient (Wildman–Crippen LogP) is 3.05. The van der Waals surface area contributed by atoms with Crippen LogP contribution in [0, 0.1) is 0 Å². The van der Waals surface area contributed by atoms with Gasteiger partial charge in [-0.25, -0.2) is 9.59 Å². The van der Waals surface area contributed by atoms with Crippen LogP contribution >= 0.6 is 0 Å². The molecule has 0 aromatic heterocycles. The summed E-state index contributed by atoms with van der Waals surface area (Å²) in [5, 5.41) is 11.7. The number of carboxylic acid groups (broad SMARTS) is 1. The molecule has 0 fully saturated rings. The highest BCUT2D eigenvalue weighted by Gasteiger charge is 2.15. The number of nitrogens with zero attached hydrogens (tertiary/aromatic N) is 1. The molecule has 0 bridgehead atoms. The number of nitrogens with one attached hydrogen (secondary N) is 1. The predicted molar refractivity (Wildman–Crippen MR) is 81.1 cm³/mol. The summed E-state index contributed by atoms with van der Waals surface area (Å²) < 4.78 is 5.15. The van der Waals surface area contributed by atoms with Crippen LogP contribution in [0.1, 0.15) is 37.0 Å². The topological polar surface area (TPSA) is 78.9 Å². The molecule has 2 amide bonds. The fourth-order valence-corrected chi connectivity index (χ4v) is 1.99. The molecule has 0 saturated heterocycles. The van der Waals surface area contributed by atoms with Gasteiger partial charge in [-0.1, -0.05) is 13.8 Å². The van der Waals surface area contributed by atoms with E-state index in [9.17, 15) is 9.59 Å². The number of hydrogen-bond acceptors (Lipinski definition) is 3. The van der Waals surface area contributed by atoms with Crippen LogP contribution in [0.25, 0.3) is 0 Å². The largest absolute Gasteiger partial charge is 0.495 e. The molecule has 1 rings (SSSR count). The summed E-state index contributed by atoms with van der Waals surface area (Å²) in [6.07, 6.45) is 1.72. The van der Waals surface area contributed by atoms with Gasteiger partial charge in [-0.15, -0.1) is 0 Å². The van der Waals surface area contributed by atoms with Crippen LogP contribution in [0.2, 0.25) is 0 Å². The third-order valence-corrected chi connectivity index (χ3v) is 2.96. The Morgan fingerprint density at radius 3 is 2.33 bits per heavy atom. The lowest BCUT2D eigenvalue weighted by Crippen LogP contribution is -2.36. The van der Waals surface area contributed by atoms with E-state index in [1.54, 1.807) is 4.90 Å². The normalized spacial score (nSPS) is 10.0. The molecule has 0 unspecified atom stereocenters. The number of amides is 2. The number of methoxy groups -OCH3 is 1. The van der Waals surface area contributed by atoms with Crippen LogP contribution in [-0.2, 0) is 0 Å². The number of carbonyl (C=O) groups excluding carboxylic acids is 1. The zero-order valence-corrected chi connectivity index (χ0v) is 12.7. The molecule has 21 heavy (non-hydrogen) atoms. The van der Waals surface area contributed by atoms with Crippen molar-refractivity contribution < 1.29 is 19.4 Å². The van der Waals surface area contributed by atoms with Gasteiger partial charge in [0.15, 0.2) is 0 Å². The highest BCUT2D eigenvalue weighted by molar-refractivity contribution is 5.94. The van der Waals surface area contributed by atoms with Gasteiger partial charge in [0.25, 0.3) is 0 Å². The maximum Gasteiger partial charge on any atom is 0.335 e. The monoisotopic (exact) mass is 294 g/mol. The number of ether oxygens (including phenoxy) is 1. The molecule has 0 radical (unpaired) electrons. The third kappa shape index (κ3) is 4.66. The Hall–Kier alpha value is -2.24. The number of rotatable bonds is 7. The van der Waals surface area contributed by atoms with Crippen LogP contribution in [-0.4, -0.2) is 42.2 Å². The van der Waals surface area contributed by atoms with Gasteiger partial charge in [-0.3, -0.25) is 0 Å². The van der Waals surface area contributed by atoms with Crippen molar-refractivity contribution >= 4 is 17.7 Å². The lowest BCUT2D eigenvalue weighted by Gasteiger charge is -2.22. The Kier molecular flexibility index (Phi) is 6.52. The first kappa shape index (κ1) is 16.8. The average Bonchev–Trinajstić information content (AvgIpc) is 2.46. The highest BCUT2D eigenvalue weighted by Crippen LogP contribution is 2.26. The standard InChI is InChI=1S/C15H22N2O4/c1-4-8-17(9-5-2)15(20)16-12-10-11(14(18)19)6-7-13(12)21-3/h6-7,10H,4-5,8-9H2,1-3H3,(H,16,20)(H,18,19). The number of anilines is 1. The summed E-state index contributed by atoms with van der Waals surface area (Å²) in [5.74, 6) is -0.617.